The minimum Gasteiger partial charge on any atom is -0.493 e. The molecule has 1 amide bonds. The minimum absolute atomic E-state index is 0.133. The van der Waals surface area contributed by atoms with E-state index in [2.05, 4.69) is 5.32 Å². The molecule has 7 nitrogen and oxygen atoms in total. The molecule has 5 rings (SSSR count). The van der Waals surface area contributed by atoms with E-state index in [1.165, 1.54) is 23.1 Å². The van der Waals surface area contributed by atoms with Crippen LogP contribution in [0.25, 0.3) is 26.3 Å². The SMILES string of the molecule is COc1ccc(CCNC(=O)CSc2nc3sc(-c4ccccc4)cc3c(=O)n2-c2ccccc2)cc1OC. The normalized spacial score (nSPS) is 10.9. The van der Waals surface area contributed by atoms with Gasteiger partial charge in [-0.2, -0.15) is 0 Å². The molecule has 198 valence electrons. The van der Waals surface area contributed by atoms with Crippen LogP contribution in [0.15, 0.2) is 94.9 Å². The van der Waals surface area contributed by atoms with Gasteiger partial charge in [-0.25, -0.2) is 4.98 Å². The van der Waals surface area contributed by atoms with Crippen molar-refractivity contribution in [2.45, 2.75) is 11.6 Å². The fraction of sp³-hybridized carbons (Fsp3) is 0.167. The Morgan fingerprint density at radius 2 is 1.67 bits per heavy atom. The summed E-state index contributed by atoms with van der Waals surface area (Å²) < 4.78 is 12.2. The highest BCUT2D eigenvalue weighted by Gasteiger charge is 2.17. The van der Waals surface area contributed by atoms with Crippen molar-refractivity contribution in [1.29, 1.82) is 0 Å². The summed E-state index contributed by atoms with van der Waals surface area (Å²) in [6.45, 7) is 0.470. The maximum atomic E-state index is 13.7. The third kappa shape index (κ3) is 6.00. The summed E-state index contributed by atoms with van der Waals surface area (Å²) in [7, 11) is 3.19. The molecule has 9 heteroatoms. The molecule has 0 aliphatic carbocycles. The Balaban J connectivity index is 1.34. The quantitative estimate of drug-likeness (QED) is 0.178. The molecule has 0 bridgehead atoms. The molecule has 0 aliphatic rings. The highest BCUT2D eigenvalue weighted by molar-refractivity contribution is 7.99. The zero-order valence-electron chi connectivity index (χ0n) is 21.5. The molecule has 39 heavy (non-hydrogen) atoms. The van der Waals surface area contributed by atoms with Crippen molar-refractivity contribution in [2.75, 3.05) is 26.5 Å². The average molecular weight is 558 g/mol. The second-order valence-electron chi connectivity index (χ2n) is 8.64. The van der Waals surface area contributed by atoms with Crippen molar-refractivity contribution in [3.8, 4) is 27.6 Å². The largest absolute Gasteiger partial charge is 0.493 e. The minimum atomic E-state index is -0.152. The van der Waals surface area contributed by atoms with Gasteiger partial charge in [0.15, 0.2) is 16.7 Å². The standard InChI is InChI=1S/C30H27N3O4S2/c1-36-24-14-13-20(17-25(24)37-2)15-16-31-27(34)19-38-30-32-28-23(18-26(39-28)21-9-5-3-6-10-21)29(35)33(30)22-11-7-4-8-12-22/h3-14,17-18H,15-16,19H2,1-2H3,(H,31,34). The highest BCUT2D eigenvalue weighted by atomic mass is 32.2. The smallest absolute Gasteiger partial charge is 0.267 e. The first-order valence-electron chi connectivity index (χ1n) is 12.3. The molecular weight excluding hydrogens is 530 g/mol. The number of nitrogens with one attached hydrogen (secondary N) is 1. The van der Waals surface area contributed by atoms with Crippen LogP contribution in [0.5, 0.6) is 11.5 Å². The molecule has 2 heterocycles. The maximum Gasteiger partial charge on any atom is 0.267 e. The van der Waals surface area contributed by atoms with E-state index in [9.17, 15) is 9.59 Å². The number of amides is 1. The molecule has 3 aromatic carbocycles. The Kier molecular flexibility index (Phi) is 8.29. The number of aromatic nitrogens is 2. The molecular formula is C30H27N3O4S2. The maximum absolute atomic E-state index is 13.7. The van der Waals surface area contributed by atoms with E-state index < -0.39 is 0 Å². The third-order valence-corrected chi connectivity index (χ3v) is 8.14. The number of carbonyl (C=O) groups excluding carboxylic acids is 1. The van der Waals surface area contributed by atoms with E-state index in [0.29, 0.717) is 45.5 Å². The van der Waals surface area contributed by atoms with E-state index in [4.69, 9.17) is 14.5 Å². The van der Waals surface area contributed by atoms with Crippen molar-refractivity contribution in [2.24, 2.45) is 0 Å². The topological polar surface area (TPSA) is 82.5 Å². The van der Waals surface area contributed by atoms with Gasteiger partial charge >= 0.3 is 0 Å². The summed E-state index contributed by atoms with van der Waals surface area (Å²) >= 11 is 2.73. The van der Waals surface area contributed by atoms with E-state index >= 15 is 0 Å². The highest BCUT2D eigenvalue weighted by Crippen LogP contribution is 2.33. The van der Waals surface area contributed by atoms with Crippen LogP contribution in [0, 0.1) is 0 Å². The molecule has 0 aliphatic heterocycles. The number of fused-ring (bicyclic) bond motifs is 1. The van der Waals surface area contributed by atoms with Crippen LogP contribution in [0.1, 0.15) is 5.56 Å². The summed E-state index contributed by atoms with van der Waals surface area (Å²) in [5.41, 5.74) is 2.62. The number of hydrogen-bond donors (Lipinski definition) is 1. The van der Waals surface area contributed by atoms with Crippen molar-refractivity contribution in [1.82, 2.24) is 14.9 Å². The lowest BCUT2D eigenvalue weighted by molar-refractivity contribution is -0.118. The Morgan fingerprint density at radius 3 is 2.38 bits per heavy atom. The first kappa shape index (κ1) is 26.5. The number of benzene rings is 3. The summed E-state index contributed by atoms with van der Waals surface area (Å²) in [5.74, 6) is 1.32. The van der Waals surface area contributed by atoms with Crippen molar-refractivity contribution < 1.29 is 14.3 Å². The number of hydrogen-bond acceptors (Lipinski definition) is 7. The predicted molar refractivity (Wildman–Crippen MR) is 158 cm³/mol. The van der Waals surface area contributed by atoms with Crippen molar-refractivity contribution in [3.05, 3.63) is 101 Å². The van der Waals surface area contributed by atoms with Gasteiger partial charge in [0.2, 0.25) is 5.91 Å². The summed E-state index contributed by atoms with van der Waals surface area (Å²) in [6.07, 6.45) is 0.646. The van der Waals surface area contributed by atoms with Crippen molar-refractivity contribution in [3.63, 3.8) is 0 Å². The molecule has 2 aromatic heterocycles. The van der Waals surface area contributed by atoms with Gasteiger partial charge in [0, 0.05) is 11.4 Å². The lowest BCUT2D eigenvalue weighted by Gasteiger charge is -2.12. The third-order valence-electron chi connectivity index (χ3n) is 6.12. The van der Waals surface area contributed by atoms with Gasteiger partial charge in [0.05, 0.1) is 31.0 Å². The summed E-state index contributed by atoms with van der Waals surface area (Å²) in [5, 5.41) is 4.00. The van der Waals surface area contributed by atoms with Crippen LogP contribution >= 0.6 is 23.1 Å². The zero-order valence-corrected chi connectivity index (χ0v) is 23.2. The first-order valence-corrected chi connectivity index (χ1v) is 14.2. The molecule has 0 spiro atoms. The second-order valence-corrected chi connectivity index (χ2v) is 10.6. The predicted octanol–water partition coefficient (Wildman–Crippen LogP) is 5.58. The van der Waals surface area contributed by atoms with Crippen LogP contribution < -0.4 is 20.3 Å². The number of methoxy groups -OCH3 is 2. The fourth-order valence-corrected chi connectivity index (χ4v) is 6.09. The van der Waals surface area contributed by atoms with Crippen LogP contribution in [-0.4, -0.2) is 42.0 Å². The Hall–Kier alpha value is -4.08. The zero-order chi connectivity index (χ0) is 27.2. The molecule has 5 aromatic rings. The number of nitrogens with zero attached hydrogens (tertiary/aromatic N) is 2. The van der Waals surface area contributed by atoms with Crippen LogP contribution in [-0.2, 0) is 11.2 Å². The molecule has 0 unspecified atom stereocenters. The van der Waals surface area contributed by atoms with E-state index in [-0.39, 0.29) is 17.2 Å². The van der Waals surface area contributed by atoms with Crippen LogP contribution in [0.3, 0.4) is 0 Å². The van der Waals surface area contributed by atoms with E-state index in [1.54, 1.807) is 18.8 Å². The summed E-state index contributed by atoms with van der Waals surface area (Å²) in [4.78, 5) is 32.9. The molecule has 1 N–H and O–H groups in total. The van der Waals surface area contributed by atoms with Gasteiger partial charge in [0.1, 0.15) is 4.83 Å². The summed E-state index contributed by atoms with van der Waals surface area (Å²) in [6, 6.07) is 26.9. The van der Waals surface area contributed by atoms with Gasteiger partial charge in [0.25, 0.3) is 5.56 Å². The number of ether oxygens (including phenoxy) is 2. The molecule has 0 radical (unpaired) electrons. The second kappa shape index (κ2) is 12.2. The first-order chi connectivity index (χ1) is 19.1. The Morgan fingerprint density at radius 1 is 0.949 bits per heavy atom. The number of thiophene rings is 1. The lowest BCUT2D eigenvalue weighted by atomic mass is 10.1. The Labute approximate surface area is 234 Å². The van der Waals surface area contributed by atoms with Gasteiger partial charge in [-0.15, -0.1) is 11.3 Å². The number of carbonyl (C=O) groups is 1. The lowest BCUT2D eigenvalue weighted by Crippen LogP contribution is -2.28. The molecule has 0 fully saturated rings. The number of thioether (sulfide) groups is 1. The van der Waals surface area contributed by atoms with Gasteiger partial charge < -0.3 is 14.8 Å². The Bertz CT molecular complexity index is 1650. The van der Waals surface area contributed by atoms with Gasteiger partial charge in [-0.1, -0.05) is 66.4 Å². The molecule has 0 saturated carbocycles. The number of rotatable bonds is 10. The van der Waals surface area contributed by atoms with Crippen LogP contribution in [0.2, 0.25) is 0 Å². The fourth-order valence-electron chi connectivity index (χ4n) is 4.17. The van der Waals surface area contributed by atoms with Crippen LogP contribution in [0.4, 0.5) is 0 Å². The van der Waals surface area contributed by atoms with E-state index in [0.717, 1.165) is 16.0 Å². The van der Waals surface area contributed by atoms with Gasteiger partial charge in [-0.05, 0) is 47.9 Å². The molecule has 0 atom stereocenters. The number of para-hydroxylation sites is 1. The average Bonchev–Trinajstić information content (AvgIpc) is 3.41. The van der Waals surface area contributed by atoms with Crippen molar-refractivity contribution >= 4 is 39.2 Å². The van der Waals surface area contributed by atoms with E-state index in [1.807, 2.05) is 84.9 Å². The molecule has 0 saturated heterocycles. The monoisotopic (exact) mass is 557 g/mol. The van der Waals surface area contributed by atoms with Gasteiger partial charge in [-0.3, -0.25) is 14.2 Å².